The number of carbonyl (C=O) groups excluding carboxylic acids is 14. The first-order valence-corrected chi connectivity index (χ1v) is 27.9. The number of rotatable bonds is 45. The van der Waals surface area contributed by atoms with Gasteiger partial charge < -0.3 is 68.5 Å². The third kappa shape index (κ3) is 38.4. The van der Waals surface area contributed by atoms with E-state index in [-0.39, 0.29) is 123 Å². The van der Waals surface area contributed by atoms with Crippen LogP contribution in [0, 0.1) is 5.92 Å². The first-order valence-electron chi connectivity index (χ1n) is 27.9. The largest absolute Gasteiger partial charge is 0.458 e. The molecular formula is C53H96N14O15. The first kappa shape index (κ1) is 76.8. The van der Waals surface area contributed by atoms with Gasteiger partial charge in [-0.3, -0.25) is 76.9 Å². The van der Waals surface area contributed by atoms with E-state index in [2.05, 4.69) is 68.5 Å². The molecule has 0 rings (SSSR count). The van der Waals surface area contributed by atoms with Gasteiger partial charge in [0, 0.05) is 115 Å². The van der Waals surface area contributed by atoms with Gasteiger partial charge in [0.05, 0.1) is 38.3 Å². The SMILES string of the molecule is CNC(=O)CCCCCCC(=O)CC(CCCCNC(C)=O)C(=O)NCCCC[C@@H](C(=O)NC)N(CC(=O)NC)CC(=O)NC.CNC(=O)CC[C@@H](NC(=O)COC=O)C(=O)NCCCC[C@@H](C(=O)NC)N(CC(=O)NC)CC(=O)NC. The molecule has 1 unspecified atom stereocenters. The summed E-state index contributed by atoms with van der Waals surface area (Å²) in [5, 5.41) is 30.9. The number of unbranched alkanes of at least 4 members (excludes halogenated alkanes) is 6. The molecule has 468 valence electrons. The van der Waals surface area contributed by atoms with Gasteiger partial charge in [-0.1, -0.05) is 19.3 Å². The predicted molar refractivity (Wildman–Crippen MR) is 304 cm³/mol. The van der Waals surface area contributed by atoms with Crippen molar-refractivity contribution in [3.8, 4) is 0 Å². The maximum absolute atomic E-state index is 13.1. The molecule has 12 N–H and O–H groups in total. The number of carbonyl (C=O) groups is 14. The molecule has 0 aliphatic rings. The number of nitrogens with one attached hydrogen (secondary N) is 12. The summed E-state index contributed by atoms with van der Waals surface area (Å²) in [6, 6.07) is -2.49. The fourth-order valence-corrected chi connectivity index (χ4v) is 8.10. The Morgan fingerprint density at radius 3 is 1.22 bits per heavy atom. The lowest BCUT2D eigenvalue weighted by Crippen LogP contribution is -2.52. The molecule has 0 spiro atoms. The average molecular weight is 1170 g/mol. The second-order valence-corrected chi connectivity index (χ2v) is 19.1. The summed E-state index contributed by atoms with van der Waals surface area (Å²) in [6.45, 7) is 1.53. The van der Waals surface area contributed by atoms with Crippen molar-refractivity contribution in [3.05, 3.63) is 0 Å². The van der Waals surface area contributed by atoms with Crippen molar-refractivity contribution in [1.29, 1.82) is 0 Å². The summed E-state index contributed by atoms with van der Waals surface area (Å²) in [7, 11) is 11.9. The summed E-state index contributed by atoms with van der Waals surface area (Å²) in [4.78, 5) is 171. The molecule has 0 radical (unpaired) electrons. The quantitative estimate of drug-likeness (QED) is 0.0208. The topological polar surface area (TPSA) is 399 Å². The Morgan fingerprint density at radius 2 is 0.805 bits per heavy atom. The second-order valence-electron chi connectivity index (χ2n) is 19.1. The van der Waals surface area contributed by atoms with Crippen molar-refractivity contribution in [2.75, 3.05) is 109 Å². The van der Waals surface area contributed by atoms with Crippen LogP contribution >= 0.6 is 0 Å². The van der Waals surface area contributed by atoms with E-state index in [0.29, 0.717) is 90.1 Å². The number of Topliss-reactive ketones (excluding diaryl/α,β-unsaturated/α-hetero) is 1. The van der Waals surface area contributed by atoms with Crippen LogP contribution in [-0.2, 0) is 71.9 Å². The molecule has 4 atom stereocenters. The van der Waals surface area contributed by atoms with Crippen LogP contribution in [0.3, 0.4) is 0 Å². The van der Waals surface area contributed by atoms with Crippen LogP contribution in [0.15, 0.2) is 0 Å². The summed E-state index contributed by atoms with van der Waals surface area (Å²) < 4.78 is 4.38. The van der Waals surface area contributed by atoms with Crippen LogP contribution in [0.2, 0.25) is 0 Å². The lowest BCUT2D eigenvalue weighted by atomic mass is 9.93. The summed E-state index contributed by atoms with van der Waals surface area (Å²) in [5.74, 6) is -4.28. The molecule has 0 bridgehead atoms. The molecule has 29 heteroatoms. The zero-order valence-corrected chi connectivity index (χ0v) is 49.8. The number of nitrogens with zero attached hydrogens (tertiary/aromatic N) is 2. The van der Waals surface area contributed by atoms with E-state index in [1.54, 1.807) is 7.05 Å². The van der Waals surface area contributed by atoms with Crippen LogP contribution in [0.25, 0.3) is 0 Å². The Morgan fingerprint density at radius 1 is 0.402 bits per heavy atom. The van der Waals surface area contributed by atoms with Gasteiger partial charge in [-0.15, -0.1) is 0 Å². The van der Waals surface area contributed by atoms with Gasteiger partial charge in [0.2, 0.25) is 65.0 Å². The van der Waals surface area contributed by atoms with Gasteiger partial charge in [0.15, 0.2) is 6.61 Å². The fraction of sp³-hybridized carbons (Fsp3) is 0.736. The van der Waals surface area contributed by atoms with Gasteiger partial charge in [0.1, 0.15) is 11.8 Å². The molecular weight excluding hydrogens is 1070 g/mol. The molecule has 0 aliphatic heterocycles. The lowest BCUT2D eigenvalue weighted by Gasteiger charge is -2.29. The van der Waals surface area contributed by atoms with Crippen LogP contribution in [0.1, 0.15) is 122 Å². The molecule has 0 heterocycles. The minimum Gasteiger partial charge on any atom is -0.458 e. The highest BCUT2D eigenvalue weighted by molar-refractivity contribution is 5.90. The smallest absolute Gasteiger partial charge is 0.293 e. The normalized spacial score (nSPS) is 12.0. The van der Waals surface area contributed by atoms with Crippen molar-refractivity contribution in [2.45, 2.75) is 141 Å². The monoisotopic (exact) mass is 1170 g/mol. The Hall–Kier alpha value is -7.30. The van der Waals surface area contributed by atoms with Crippen molar-refractivity contribution >= 4 is 83.1 Å². The van der Waals surface area contributed by atoms with Crippen molar-refractivity contribution in [3.63, 3.8) is 0 Å². The Labute approximate surface area is 482 Å². The predicted octanol–water partition coefficient (Wildman–Crippen LogP) is -3.48. The number of amides is 12. The first-order chi connectivity index (χ1) is 39.1. The number of hydrogen-bond acceptors (Lipinski definition) is 17. The minimum absolute atomic E-state index is 0.00806. The van der Waals surface area contributed by atoms with E-state index < -0.39 is 42.5 Å². The van der Waals surface area contributed by atoms with Gasteiger partial charge in [-0.2, -0.15) is 0 Å². The van der Waals surface area contributed by atoms with Crippen LogP contribution < -0.4 is 63.8 Å². The minimum atomic E-state index is -1.02. The highest BCUT2D eigenvalue weighted by atomic mass is 16.5. The molecule has 12 amide bonds. The van der Waals surface area contributed by atoms with E-state index in [0.717, 1.165) is 19.3 Å². The van der Waals surface area contributed by atoms with Crippen molar-refractivity contribution in [1.82, 2.24) is 73.6 Å². The van der Waals surface area contributed by atoms with E-state index in [1.807, 2.05) is 0 Å². The Kier molecular flexibility index (Phi) is 45.3. The average Bonchev–Trinajstić information content (AvgIpc) is 3.55. The third-order valence-electron chi connectivity index (χ3n) is 12.8. The molecule has 0 saturated carbocycles. The summed E-state index contributed by atoms with van der Waals surface area (Å²) in [5.41, 5.74) is 0. The number of ketones is 1. The van der Waals surface area contributed by atoms with Crippen LogP contribution in [0.4, 0.5) is 0 Å². The Bertz CT molecular complexity index is 1980. The molecule has 0 aromatic carbocycles. The molecule has 0 aromatic rings. The maximum Gasteiger partial charge on any atom is 0.293 e. The van der Waals surface area contributed by atoms with Crippen LogP contribution in [-0.4, -0.2) is 220 Å². The van der Waals surface area contributed by atoms with Gasteiger partial charge >= 0.3 is 0 Å². The van der Waals surface area contributed by atoms with E-state index in [9.17, 15) is 67.1 Å². The number of hydrogen-bond donors (Lipinski definition) is 12. The second kappa shape index (κ2) is 48.4. The highest BCUT2D eigenvalue weighted by Crippen LogP contribution is 2.18. The Balaban J connectivity index is 0. The molecule has 0 fully saturated rings. The number of likely N-dealkylation sites (N-methyl/N-ethyl adjacent to an activating group) is 6. The molecule has 82 heavy (non-hydrogen) atoms. The van der Waals surface area contributed by atoms with Gasteiger partial charge in [-0.05, 0) is 70.6 Å². The van der Waals surface area contributed by atoms with Crippen LogP contribution in [0.5, 0.6) is 0 Å². The highest BCUT2D eigenvalue weighted by Gasteiger charge is 2.30. The summed E-state index contributed by atoms with van der Waals surface area (Å²) in [6.07, 6.45) is 8.87. The zero-order valence-electron chi connectivity index (χ0n) is 49.8. The van der Waals surface area contributed by atoms with Gasteiger partial charge in [-0.25, -0.2) is 0 Å². The van der Waals surface area contributed by atoms with Gasteiger partial charge in [0.25, 0.3) is 12.4 Å². The van der Waals surface area contributed by atoms with Crippen molar-refractivity contribution in [2.24, 2.45) is 5.92 Å². The molecule has 0 aliphatic carbocycles. The standard InChI is InChI=1S/C31H57N7O7.C22H39N7O8/c1-23(39)36-18-12-10-14-24(20-25(40)15-8-6-7-9-17-27(41)32-2)30(44)37-19-13-11-16-26(31(45)35-5)38(21-28(42)33-3)22-29(43)34-4;1-23-17(31)9-8-15(28-20(34)13-37-14-30)21(35)27-10-6-5-7-16(22(36)26-4)29(11-18(32)24-2)12-19(33)25-3/h24,26H,6-22H2,1-5H3,(H,32,41)(H,33,42)(H,34,43)(H,35,45)(H,36,39)(H,37,44);14-16H,5-13H2,1-4H3,(H,23,31)(H,24,32)(H,25,33)(H,26,36)(H,27,35)(H,28,34)/t24?,26-;15-,16+/m01/s1. The van der Waals surface area contributed by atoms with E-state index >= 15 is 0 Å². The molecule has 29 nitrogen and oxygen atoms in total. The molecule has 0 saturated heterocycles. The summed E-state index contributed by atoms with van der Waals surface area (Å²) >= 11 is 0. The van der Waals surface area contributed by atoms with E-state index in [4.69, 9.17) is 0 Å². The number of ether oxygens (including phenoxy) is 1. The van der Waals surface area contributed by atoms with E-state index in [1.165, 1.54) is 66.1 Å². The van der Waals surface area contributed by atoms with Crippen molar-refractivity contribution < 1.29 is 71.9 Å². The maximum atomic E-state index is 13.1. The zero-order chi connectivity index (χ0) is 62.3. The third-order valence-corrected chi connectivity index (χ3v) is 12.8. The molecule has 0 aromatic heterocycles. The lowest BCUT2D eigenvalue weighted by molar-refractivity contribution is -0.138. The fourth-order valence-electron chi connectivity index (χ4n) is 8.10.